The molecule has 140 valence electrons. The van der Waals surface area contributed by atoms with Crippen molar-refractivity contribution < 1.29 is 17.9 Å². The highest BCUT2D eigenvalue weighted by Crippen LogP contribution is 2.22. The molecule has 0 aliphatic carbocycles. The van der Waals surface area contributed by atoms with Gasteiger partial charge in [0.25, 0.3) is 0 Å². The van der Waals surface area contributed by atoms with Gasteiger partial charge in [0.2, 0.25) is 0 Å². The topological polar surface area (TPSA) is 66.1 Å². The first-order valence-corrected chi connectivity index (χ1v) is 8.55. The van der Waals surface area contributed by atoms with E-state index in [0.29, 0.717) is 25.6 Å². The largest absolute Gasteiger partial charge is 0.401 e. The number of aliphatic imine (C=N–C) groups is 1. The molecule has 3 N–H and O–H groups in total. The number of nitrogens with one attached hydrogen (secondary N) is 1. The van der Waals surface area contributed by atoms with Gasteiger partial charge in [-0.25, -0.2) is 0 Å². The summed E-state index contributed by atoms with van der Waals surface area (Å²) in [6.07, 6.45) is -2.41. The third kappa shape index (κ3) is 7.67. The first kappa shape index (κ1) is 19.3. The molecule has 2 heterocycles. The summed E-state index contributed by atoms with van der Waals surface area (Å²) >= 11 is 0. The fraction of sp³-hybridized carbons (Fsp3) is 0.933. The lowest BCUT2D eigenvalue weighted by Gasteiger charge is -2.26. The Morgan fingerprint density at radius 1 is 1.21 bits per heavy atom. The van der Waals surface area contributed by atoms with Crippen LogP contribution in [0.25, 0.3) is 0 Å². The van der Waals surface area contributed by atoms with E-state index in [1.807, 2.05) is 0 Å². The molecular weight excluding hydrogens is 323 g/mol. The summed E-state index contributed by atoms with van der Waals surface area (Å²) in [5.41, 5.74) is 5.82. The summed E-state index contributed by atoms with van der Waals surface area (Å²) < 4.78 is 42.3. The highest BCUT2D eigenvalue weighted by atomic mass is 19.4. The normalized spacial score (nSPS) is 24.5. The van der Waals surface area contributed by atoms with E-state index < -0.39 is 12.7 Å². The average Bonchev–Trinajstić information content (AvgIpc) is 2.96. The lowest BCUT2D eigenvalue weighted by molar-refractivity contribution is -0.143. The molecule has 2 saturated heterocycles. The molecule has 0 spiro atoms. The van der Waals surface area contributed by atoms with Gasteiger partial charge in [-0.2, -0.15) is 13.2 Å². The maximum Gasteiger partial charge on any atom is 0.401 e. The zero-order chi connectivity index (χ0) is 17.4. The van der Waals surface area contributed by atoms with E-state index in [-0.39, 0.29) is 5.92 Å². The van der Waals surface area contributed by atoms with Crippen molar-refractivity contribution in [2.75, 3.05) is 65.6 Å². The van der Waals surface area contributed by atoms with Crippen molar-refractivity contribution in [2.24, 2.45) is 16.6 Å². The van der Waals surface area contributed by atoms with E-state index >= 15 is 0 Å². The zero-order valence-electron chi connectivity index (χ0n) is 14.0. The van der Waals surface area contributed by atoms with Crippen LogP contribution in [-0.4, -0.2) is 87.5 Å². The van der Waals surface area contributed by atoms with Crippen molar-refractivity contribution in [1.29, 1.82) is 0 Å². The van der Waals surface area contributed by atoms with Gasteiger partial charge in [-0.05, 0) is 31.8 Å². The lowest BCUT2D eigenvalue weighted by atomic mass is 10.1. The van der Waals surface area contributed by atoms with Crippen LogP contribution in [0.1, 0.15) is 12.8 Å². The smallest absolute Gasteiger partial charge is 0.379 e. The highest BCUT2D eigenvalue weighted by molar-refractivity contribution is 5.77. The fourth-order valence-corrected chi connectivity index (χ4v) is 3.09. The molecule has 2 fully saturated rings. The van der Waals surface area contributed by atoms with E-state index in [2.05, 4.69) is 15.2 Å². The van der Waals surface area contributed by atoms with E-state index in [4.69, 9.17) is 10.5 Å². The number of nitrogens with zero attached hydrogens (tertiary/aromatic N) is 3. The summed E-state index contributed by atoms with van der Waals surface area (Å²) in [5.74, 6) is 0.535. The Kier molecular flexibility index (Phi) is 7.57. The minimum atomic E-state index is -4.13. The molecule has 0 aromatic heterocycles. The minimum absolute atomic E-state index is 0.154. The Hall–Kier alpha value is -1.06. The second kappa shape index (κ2) is 9.43. The lowest BCUT2D eigenvalue weighted by Crippen LogP contribution is -2.39. The number of morpholine rings is 1. The highest BCUT2D eigenvalue weighted by Gasteiger charge is 2.34. The van der Waals surface area contributed by atoms with Crippen molar-refractivity contribution >= 4 is 5.96 Å². The average molecular weight is 351 g/mol. The summed E-state index contributed by atoms with van der Waals surface area (Å²) in [5, 5.41) is 3.07. The zero-order valence-corrected chi connectivity index (χ0v) is 14.0. The van der Waals surface area contributed by atoms with Crippen LogP contribution in [0.3, 0.4) is 0 Å². The van der Waals surface area contributed by atoms with Crippen molar-refractivity contribution in [3.8, 4) is 0 Å². The summed E-state index contributed by atoms with van der Waals surface area (Å²) in [6, 6.07) is 0. The molecule has 6 nitrogen and oxygen atoms in total. The third-order valence-electron chi connectivity index (χ3n) is 4.35. The molecule has 0 radical (unpaired) electrons. The summed E-state index contributed by atoms with van der Waals surface area (Å²) in [4.78, 5) is 8.05. The number of guanidine groups is 1. The van der Waals surface area contributed by atoms with Gasteiger partial charge in [0.1, 0.15) is 0 Å². The Labute approximate surface area is 141 Å². The van der Waals surface area contributed by atoms with Crippen LogP contribution >= 0.6 is 0 Å². The SMILES string of the molecule is NC(=NCC1CCN(CC(F)(F)F)C1)NCCCN1CCOCC1. The van der Waals surface area contributed by atoms with Crippen LogP contribution in [0.15, 0.2) is 4.99 Å². The van der Waals surface area contributed by atoms with Crippen molar-refractivity contribution in [3.05, 3.63) is 0 Å². The first-order chi connectivity index (χ1) is 11.4. The molecule has 0 aromatic carbocycles. The van der Waals surface area contributed by atoms with Gasteiger partial charge >= 0.3 is 6.18 Å². The van der Waals surface area contributed by atoms with Gasteiger partial charge in [0.15, 0.2) is 5.96 Å². The number of hydrogen-bond acceptors (Lipinski definition) is 4. The second-order valence-corrected chi connectivity index (χ2v) is 6.47. The Morgan fingerprint density at radius 3 is 2.67 bits per heavy atom. The van der Waals surface area contributed by atoms with Crippen LogP contribution in [-0.2, 0) is 4.74 Å². The van der Waals surface area contributed by atoms with Crippen LogP contribution in [0.5, 0.6) is 0 Å². The molecule has 2 aliphatic rings. The summed E-state index contributed by atoms with van der Waals surface area (Å²) in [7, 11) is 0. The number of halogens is 3. The van der Waals surface area contributed by atoms with Gasteiger partial charge in [0.05, 0.1) is 19.8 Å². The van der Waals surface area contributed by atoms with Crippen molar-refractivity contribution in [1.82, 2.24) is 15.1 Å². The number of hydrogen-bond donors (Lipinski definition) is 2. The maximum atomic E-state index is 12.3. The van der Waals surface area contributed by atoms with Crippen molar-refractivity contribution in [3.63, 3.8) is 0 Å². The Balaban J connectivity index is 1.55. The van der Waals surface area contributed by atoms with Crippen LogP contribution in [0.4, 0.5) is 13.2 Å². The molecule has 0 bridgehead atoms. The van der Waals surface area contributed by atoms with Gasteiger partial charge in [-0.15, -0.1) is 0 Å². The molecule has 1 unspecified atom stereocenters. The minimum Gasteiger partial charge on any atom is -0.379 e. The Morgan fingerprint density at radius 2 is 1.96 bits per heavy atom. The van der Waals surface area contributed by atoms with Crippen molar-refractivity contribution in [2.45, 2.75) is 19.0 Å². The quantitative estimate of drug-likeness (QED) is 0.397. The van der Waals surface area contributed by atoms with E-state index in [9.17, 15) is 13.2 Å². The van der Waals surface area contributed by atoms with E-state index in [0.717, 1.165) is 52.2 Å². The van der Waals surface area contributed by atoms with E-state index in [1.165, 1.54) is 4.90 Å². The van der Waals surface area contributed by atoms with Gasteiger partial charge in [-0.3, -0.25) is 14.8 Å². The number of nitrogens with two attached hydrogens (primary N) is 1. The predicted molar refractivity (Wildman–Crippen MR) is 87.0 cm³/mol. The van der Waals surface area contributed by atoms with Crippen LogP contribution in [0.2, 0.25) is 0 Å². The van der Waals surface area contributed by atoms with E-state index in [1.54, 1.807) is 0 Å². The van der Waals surface area contributed by atoms with Gasteiger partial charge in [0, 0.05) is 32.7 Å². The Bertz CT molecular complexity index is 399. The molecule has 0 saturated carbocycles. The standard InChI is InChI=1S/C15H28F3N5O/c16-15(17,18)12-23-5-2-13(11-23)10-21-14(19)20-3-1-4-22-6-8-24-9-7-22/h13H,1-12H2,(H3,19,20,21). The molecule has 2 rings (SSSR count). The molecule has 1 atom stereocenters. The number of rotatable bonds is 7. The second-order valence-electron chi connectivity index (χ2n) is 6.47. The van der Waals surface area contributed by atoms with Crippen LogP contribution < -0.4 is 11.1 Å². The molecule has 0 amide bonds. The maximum absolute atomic E-state index is 12.3. The number of likely N-dealkylation sites (tertiary alicyclic amines) is 1. The monoisotopic (exact) mass is 351 g/mol. The molecular formula is C15H28F3N5O. The molecule has 0 aromatic rings. The summed E-state index contributed by atoms with van der Waals surface area (Å²) in [6.45, 7) is 5.85. The molecule has 24 heavy (non-hydrogen) atoms. The predicted octanol–water partition coefficient (Wildman–Crippen LogP) is 0.497. The first-order valence-electron chi connectivity index (χ1n) is 8.55. The van der Waals surface area contributed by atoms with Crippen LogP contribution in [0, 0.1) is 5.92 Å². The fourth-order valence-electron chi connectivity index (χ4n) is 3.09. The molecule has 2 aliphatic heterocycles. The van der Waals surface area contributed by atoms with Gasteiger partial charge < -0.3 is 15.8 Å². The third-order valence-corrected chi connectivity index (χ3v) is 4.35. The van der Waals surface area contributed by atoms with Gasteiger partial charge in [-0.1, -0.05) is 0 Å². The number of ether oxygens (including phenoxy) is 1. The molecule has 9 heteroatoms. The number of alkyl halides is 3.